The highest BCUT2D eigenvalue weighted by Gasteiger charge is 2.07. The maximum Gasteiger partial charge on any atom is 0.331 e. The summed E-state index contributed by atoms with van der Waals surface area (Å²) in [6.45, 7) is 5.02. The molecule has 0 spiro atoms. The number of benzene rings is 2. The van der Waals surface area contributed by atoms with Crippen LogP contribution in [0.1, 0.15) is 50.7 Å². The molecule has 0 aromatic heterocycles. The average Bonchev–Trinajstić information content (AvgIpc) is 2.81. The van der Waals surface area contributed by atoms with Gasteiger partial charge in [0.1, 0.15) is 0 Å². The highest BCUT2D eigenvalue weighted by atomic mass is 16.5. The van der Waals surface area contributed by atoms with Crippen molar-refractivity contribution in [2.24, 2.45) is 11.8 Å². The molecule has 0 N–H and O–H groups in total. The fraction of sp³-hybridized carbons (Fsp3) is 0.429. The Hall–Kier alpha value is -2.88. The van der Waals surface area contributed by atoms with Crippen LogP contribution >= 0.6 is 0 Å². The van der Waals surface area contributed by atoms with Crippen molar-refractivity contribution < 1.29 is 19.1 Å². The molecule has 0 aliphatic heterocycles. The van der Waals surface area contributed by atoms with Crippen molar-refractivity contribution in [2.75, 3.05) is 13.2 Å². The van der Waals surface area contributed by atoms with Crippen LogP contribution in [0.2, 0.25) is 0 Å². The third-order valence-corrected chi connectivity index (χ3v) is 5.60. The fourth-order valence-corrected chi connectivity index (χ4v) is 3.36. The Bertz CT molecular complexity index is 744. The van der Waals surface area contributed by atoms with Crippen LogP contribution in [0.4, 0.5) is 0 Å². The first-order chi connectivity index (χ1) is 15.5. The van der Waals surface area contributed by atoms with Gasteiger partial charge in [-0.1, -0.05) is 74.5 Å². The lowest BCUT2D eigenvalue weighted by Crippen LogP contribution is -2.09. The van der Waals surface area contributed by atoms with Gasteiger partial charge in [-0.2, -0.15) is 0 Å². The number of carbonyl (C=O) groups is 2. The Morgan fingerprint density at radius 1 is 0.656 bits per heavy atom. The van der Waals surface area contributed by atoms with Gasteiger partial charge in [0, 0.05) is 12.2 Å². The first-order valence-corrected chi connectivity index (χ1v) is 11.6. The van der Waals surface area contributed by atoms with E-state index in [4.69, 9.17) is 9.47 Å². The minimum atomic E-state index is -0.506. The van der Waals surface area contributed by atoms with Gasteiger partial charge in [0.15, 0.2) is 0 Å². The van der Waals surface area contributed by atoms with Gasteiger partial charge in [-0.05, 0) is 61.5 Å². The van der Waals surface area contributed by atoms with Crippen molar-refractivity contribution in [3.8, 4) is 0 Å². The second-order valence-electron chi connectivity index (χ2n) is 8.50. The molecule has 0 saturated heterocycles. The number of hydrogen-bond acceptors (Lipinski definition) is 4. The van der Waals surface area contributed by atoms with E-state index in [1.54, 1.807) is 0 Å². The number of aryl methyl sites for hydroxylation is 2. The summed E-state index contributed by atoms with van der Waals surface area (Å²) >= 11 is 0. The summed E-state index contributed by atoms with van der Waals surface area (Å²) in [7, 11) is 0. The number of ether oxygens (including phenoxy) is 2. The Labute approximate surface area is 192 Å². The molecule has 172 valence electrons. The monoisotopic (exact) mass is 436 g/mol. The molecule has 0 bridgehead atoms. The smallest absolute Gasteiger partial charge is 0.331 e. The normalized spacial score (nSPS) is 12.9. The number of hydrogen-bond donors (Lipinski definition) is 0. The van der Waals surface area contributed by atoms with E-state index in [1.807, 2.05) is 36.4 Å². The first kappa shape index (κ1) is 25.4. The van der Waals surface area contributed by atoms with Gasteiger partial charge in [-0.3, -0.25) is 0 Å². The molecular weight excluding hydrogens is 400 g/mol. The Kier molecular flexibility index (Phi) is 11.9. The van der Waals surface area contributed by atoms with E-state index in [1.165, 1.54) is 11.1 Å². The molecule has 0 fully saturated rings. The van der Waals surface area contributed by atoms with Gasteiger partial charge in [0.2, 0.25) is 0 Å². The Morgan fingerprint density at radius 2 is 1.03 bits per heavy atom. The van der Waals surface area contributed by atoms with Crippen LogP contribution in [0.15, 0.2) is 72.8 Å². The molecule has 2 aromatic rings. The second kappa shape index (κ2) is 15.0. The summed E-state index contributed by atoms with van der Waals surface area (Å²) in [6, 6.07) is 20.7. The highest BCUT2D eigenvalue weighted by Crippen LogP contribution is 2.14. The molecule has 2 atom stereocenters. The summed E-state index contributed by atoms with van der Waals surface area (Å²) in [4.78, 5) is 23.6. The van der Waals surface area contributed by atoms with Gasteiger partial charge >= 0.3 is 11.9 Å². The van der Waals surface area contributed by atoms with Crippen LogP contribution in [-0.4, -0.2) is 25.2 Å². The molecule has 4 heteroatoms. The fourth-order valence-electron chi connectivity index (χ4n) is 3.36. The van der Waals surface area contributed by atoms with Crippen LogP contribution in [-0.2, 0) is 31.9 Å². The lowest BCUT2D eigenvalue weighted by Gasteiger charge is -2.11. The van der Waals surface area contributed by atoms with Crippen LogP contribution in [0.3, 0.4) is 0 Å². The number of carbonyl (C=O) groups excluding carboxylic acids is 2. The van der Waals surface area contributed by atoms with Crippen molar-refractivity contribution in [1.29, 1.82) is 0 Å². The van der Waals surface area contributed by atoms with Crippen molar-refractivity contribution in [1.82, 2.24) is 0 Å². The largest absolute Gasteiger partial charge is 0.463 e. The highest BCUT2D eigenvalue weighted by molar-refractivity contribution is 5.91. The lowest BCUT2D eigenvalue weighted by molar-refractivity contribution is -0.140. The van der Waals surface area contributed by atoms with Crippen LogP contribution < -0.4 is 0 Å². The molecule has 2 unspecified atom stereocenters. The SMILES string of the molecule is CC(CCOC(=O)/C=C\C(=O)OCCC(C)CCc1ccccc1)CCc1ccccc1. The van der Waals surface area contributed by atoms with E-state index in [2.05, 4.69) is 38.1 Å². The van der Waals surface area contributed by atoms with Crippen LogP contribution in [0, 0.1) is 11.8 Å². The molecule has 0 saturated carbocycles. The molecule has 4 nitrogen and oxygen atoms in total. The lowest BCUT2D eigenvalue weighted by atomic mass is 9.99. The predicted octanol–water partition coefficient (Wildman–Crippen LogP) is 5.95. The molecule has 0 amide bonds. The molecule has 0 aliphatic carbocycles. The van der Waals surface area contributed by atoms with E-state index in [0.29, 0.717) is 25.0 Å². The molecule has 0 aliphatic rings. The van der Waals surface area contributed by atoms with Crippen LogP contribution in [0.25, 0.3) is 0 Å². The summed E-state index contributed by atoms with van der Waals surface area (Å²) < 4.78 is 10.4. The van der Waals surface area contributed by atoms with E-state index in [0.717, 1.165) is 50.7 Å². The zero-order chi connectivity index (χ0) is 23.0. The molecule has 0 heterocycles. The third kappa shape index (κ3) is 11.5. The quantitative estimate of drug-likeness (QED) is 0.271. The number of rotatable bonds is 14. The average molecular weight is 437 g/mol. The van der Waals surface area contributed by atoms with E-state index < -0.39 is 11.9 Å². The topological polar surface area (TPSA) is 52.6 Å². The molecular formula is C28H36O4. The van der Waals surface area contributed by atoms with Gasteiger partial charge in [0.25, 0.3) is 0 Å². The molecule has 32 heavy (non-hydrogen) atoms. The molecule has 2 aromatic carbocycles. The van der Waals surface area contributed by atoms with Gasteiger partial charge in [0.05, 0.1) is 13.2 Å². The summed E-state index contributed by atoms with van der Waals surface area (Å²) in [6.07, 6.45) is 8.04. The first-order valence-electron chi connectivity index (χ1n) is 11.6. The summed E-state index contributed by atoms with van der Waals surface area (Å²) in [5, 5.41) is 0. The van der Waals surface area contributed by atoms with Gasteiger partial charge < -0.3 is 9.47 Å². The minimum Gasteiger partial charge on any atom is -0.463 e. The van der Waals surface area contributed by atoms with Crippen molar-refractivity contribution in [3.63, 3.8) is 0 Å². The van der Waals surface area contributed by atoms with Crippen LogP contribution in [0.5, 0.6) is 0 Å². The van der Waals surface area contributed by atoms with Crippen molar-refractivity contribution in [3.05, 3.63) is 83.9 Å². The van der Waals surface area contributed by atoms with E-state index in [9.17, 15) is 9.59 Å². The van der Waals surface area contributed by atoms with Crippen molar-refractivity contribution >= 4 is 11.9 Å². The van der Waals surface area contributed by atoms with E-state index in [-0.39, 0.29) is 0 Å². The maximum atomic E-state index is 11.8. The third-order valence-electron chi connectivity index (χ3n) is 5.60. The predicted molar refractivity (Wildman–Crippen MR) is 128 cm³/mol. The zero-order valence-corrected chi connectivity index (χ0v) is 19.4. The molecule has 2 rings (SSSR count). The second-order valence-corrected chi connectivity index (χ2v) is 8.50. The molecule has 0 radical (unpaired) electrons. The van der Waals surface area contributed by atoms with Gasteiger partial charge in [-0.25, -0.2) is 9.59 Å². The maximum absolute atomic E-state index is 11.8. The minimum absolute atomic E-state index is 0.354. The van der Waals surface area contributed by atoms with Gasteiger partial charge in [-0.15, -0.1) is 0 Å². The standard InChI is InChI=1S/C28H36O4/c1-23(13-15-25-9-5-3-6-10-25)19-21-31-27(29)17-18-28(30)32-22-20-24(2)14-16-26-11-7-4-8-12-26/h3-12,17-18,23-24H,13-16,19-22H2,1-2H3/b18-17-. The Morgan fingerprint density at radius 3 is 1.41 bits per heavy atom. The van der Waals surface area contributed by atoms with Crippen molar-refractivity contribution in [2.45, 2.75) is 52.4 Å². The summed E-state index contributed by atoms with van der Waals surface area (Å²) in [5.74, 6) is -0.0939. The Balaban J connectivity index is 1.51. The number of esters is 2. The summed E-state index contributed by atoms with van der Waals surface area (Å²) in [5.41, 5.74) is 2.65. The van der Waals surface area contributed by atoms with E-state index >= 15 is 0 Å². The zero-order valence-electron chi connectivity index (χ0n) is 19.4.